The second-order valence-corrected chi connectivity index (χ2v) is 9.49. The molecule has 1 aliphatic heterocycles. The summed E-state index contributed by atoms with van der Waals surface area (Å²) in [6, 6.07) is 7.42. The van der Waals surface area contributed by atoms with Gasteiger partial charge in [0, 0.05) is 18.2 Å². The minimum atomic E-state index is -3.59. The van der Waals surface area contributed by atoms with E-state index in [2.05, 4.69) is 5.32 Å². The summed E-state index contributed by atoms with van der Waals surface area (Å²) >= 11 is 1.19. The van der Waals surface area contributed by atoms with E-state index < -0.39 is 21.8 Å². The van der Waals surface area contributed by atoms with Crippen molar-refractivity contribution in [2.45, 2.75) is 43.5 Å². The van der Waals surface area contributed by atoms with E-state index in [0.29, 0.717) is 17.1 Å². The highest BCUT2D eigenvalue weighted by molar-refractivity contribution is 7.89. The molecule has 1 atom stereocenters. The largest absolute Gasteiger partial charge is 0.366 e. The molecule has 150 valence electrons. The van der Waals surface area contributed by atoms with Crippen LogP contribution in [-0.2, 0) is 10.0 Å². The van der Waals surface area contributed by atoms with Crippen molar-refractivity contribution in [1.82, 2.24) is 4.31 Å². The summed E-state index contributed by atoms with van der Waals surface area (Å²) in [4.78, 5) is 24.0. The number of hydrogen-bond donors (Lipinski definition) is 2. The first kappa shape index (κ1) is 20.5. The van der Waals surface area contributed by atoms with Gasteiger partial charge in [-0.25, -0.2) is 8.42 Å². The van der Waals surface area contributed by atoms with Crippen LogP contribution in [0.4, 0.5) is 5.00 Å². The molecule has 0 saturated carbocycles. The molecule has 3 rings (SSSR count). The molecule has 3 N–H and O–H groups in total. The molecule has 1 aromatic heterocycles. The lowest BCUT2D eigenvalue weighted by Crippen LogP contribution is -2.43. The number of primary amides is 1. The predicted octanol–water partition coefficient (Wildman–Crippen LogP) is 3.05. The average Bonchev–Trinajstić information content (AvgIpc) is 3.16. The SMILES string of the molecule is CCC1CCCCN1S(=O)(=O)c1ccc(C(=O)Nc2sccc2C(N)=O)cc1. The molecule has 0 aliphatic carbocycles. The van der Waals surface area contributed by atoms with Gasteiger partial charge in [0.2, 0.25) is 10.0 Å². The highest BCUT2D eigenvalue weighted by atomic mass is 32.2. The number of benzene rings is 1. The number of amides is 2. The highest BCUT2D eigenvalue weighted by Gasteiger charge is 2.32. The molecular formula is C19H23N3O4S2. The fourth-order valence-electron chi connectivity index (χ4n) is 3.39. The first-order valence-electron chi connectivity index (χ1n) is 9.15. The number of rotatable bonds is 6. The summed E-state index contributed by atoms with van der Waals surface area (Å²) in [5, 5.41) is 4.67. The maximum absolute atomic E-state index is 13.0. The predicted molar refractivity (Wildman–Crippen MR) is 109 cm³/mol. The lowest BCUT2D eigenvalue weighted by atomic mass is 10.0. The molecule has 2 heterocycles. The van der Waals surface area contributed by atoms with Crippen LogP contribution in [0.15, 0.2) is 40.6 Å². The van der Waals surface area contributed by atoms with Crippen molar-refractivity contribution >= 4 is 38.2 Å². The second-order valence-electron chi connectivity index (χ2n) is 6.68. The van der Waals surface area contributed by atoms with Gasteiger partial charge in [0.15, 0.2) is 0 Å². The summed E-state index contributed by atoms with van der Waals surface area (Å²) < 4.78 is 27.6. The Balaban J connectivity index is 1.78. The fraction of sp³-hybridized carbons (Fsp3) is 0.368. The zero-order valence-corrected chi connectivity index (χ0v) is 17.2. The van der Waals surface area contributed by atoms with Gasteiger partial charge < -0.3 is 11.1 Å². The Labute approximate surface area is 168 Å². The van der Waals surface area contributed by atoms with Crippen LogP contribution in [0.5, 0.6) is 0 Å². The molecule has 1 fully saturated rings. The Kier molecular flexibility index (Phi) is 6.17. The third-order valence-electron chi connectivity index (χ3n) is 4.93. The molecule has 1 unspecified atom stereocenters. The third-order valence-corrected chi connectivity index (χ3v) is 7.72. The summed E-state index contributed by atoms with van der Waals surface area (Å²) in [7, 11) is -3.59. The van der Waals surface area contributed by atoms with E-state index in [4.69, 9.17) is 5.73 Å². The molecule has 0 radical (unpaired) electrons. The maximum atomic E-state index is 13.0. The van der Waals surface area contributed by atoms with Crippen LogP contribution in [-0.4, -0.2) is 37.1 Å². The van der Waals surface area contributed by atoms with Gasteiger partial charge in [-0.3, -0.25) is 9.59 Å². The zero-order valence-electron chi connectivity index (χ0n) is 15.6. The van der Waals surface area contributed by atoms with Crippen LogP contribution < -0.4 is 11.1 Å². The molecule has 28 heavy (non-hydrogen) atoms. The number of nitrogens with one attached hydrogen (secondary N) is 1. The van der Waals surface area contributed by atoms with E-state index in [9.17, 15) is 18.0 Å². The lowest BCUT2D eigenvalue weighted by molar-refractivity contribution is 0.100. The number of hydrogen-bond acceptors (Lipinski definition) is 5. The van der Waals surface area contributed by atoms with E-state index in [-0.39, 0.29) is 16.5 Å². The molecule has 1 saturated heterocycles. The third kappa shape index (κ3) is 4.11. The number of anilines is 1. The van der Waals surface area contributed by atoms with Crippen LogP contribution in [0.25, 0.3) is 0 Å². The van der Waals surface area contributed by atoms with Crippen LogP contribution >= 0.6 is 11.3 Å². The molecule has 0 bridgehead atoms. The molecule has 0 spiro atoms. The number of nitrogens with two attached hydrogens (primary N) is 1. The number of nitrogens with zero attached hydrogens (tertiary/aromatic N) is 1. The Morgan fingerprint density at radius 1 is 1.21 bits per heavy atom. The number of sulfonamides is 1. The maximum Gasteiger partial charge on any atom is 0.256 e. The highest BCUT2D eigenvalue weighted by Crippen LogP contribution is 2.27. The zero-order chi connectivity index (χ0) is 20.3. The minimum Gasteiger partial charge on any atom is -0.366 e. The smallest absolute Gasteiger partial charge is 0.256 e. The monoisotopic (exact) mass is 421 g/mol. The van der Waals surface area contributed by atoms with Gasteiger partial charge in [0.25, 0.3) is 11.8 Å². The van der Waals surface area contributed by atoms with Gasteiger partial charge in [-0.05, 0) is 55.0 Å². The lowest BCUT2D eigenvalue weighted by Gasteiger charge is -2.34. The van der Waals surface area contributed by atoms with Crippen molar-refractivity contribution in [2.75, 3.05) is 11.9 Å². The first-order chi connectivity index (χ1) is 13.3. The van der Waals surface area contributed by atoms with Crippen LogP contribution in [0, 0.1) is 0 Å². The molecular weight excluding hydrogens is 398 g/mol. The normalized spacial score (nSPS) is 18.0. The van der Waals surface area contributed by atoms with Crippen molar-refractivity contribution in [3.8, 4) is 0 Å². The Hall–Kier alpha value is -2.23. The van der Waals surface area contributed by atoms with Gasteiger partial charge in [-0.1, -0.05) is 13.3 Å². The molecule has 1 aliphatic rings. The Morgan fingerprint density at radius 3 is 2.57 bits per heavy atom. The van der Waals surface area contributed by atoms with Gasteiger partial charge >= 0.3 is 0 Å². The van der Waals surface area contributed by atoms with E-state index in [1.807, 2.05) is 6.92 Å². The van der Waals surface area contributed by atoms with Crippen LogP contribution in [0.1, 0.15) is 53.3 Å². The fourth-order valence-corrected chi connectivity index (χ4v) is 5.94. The quantitative estimate of drug-likeness (QED) is 0.747. The number of carbonyl (C=O) groups excluding carboxylic acids is 2. The second kappa shape index (κ2) is 8.42. The molecule has 2 amide bonds. The minimum absolute atomic E-state index is 0.0211. The molecule has 2 aromatic rings. The summed E-state index contributed by atoms with van der Waals surface area (Å²) in [6.07, 6.45) is 3.56. The van der Waals surface area contributed by atoms with Gasteiger partial charge in [0.1, 0.15) is 5.00 Å². The number of thiophene rings is 1. The molecule has 1 aromatic carbocycles. The van der Waals surface area contributed by atoms with Gasteiger partial charge in [-0.2, -0.15) is 4.31 Å². The standard InChI is InChI=1S/C19H23N3O4S2/c1-2-14-5-3-4-11-22(14)28(25,26)15-8-6-13(7-9-15)18(24)21-19-16(17(20)23)10-12-27-19/h6-10,12,14H,2-5,11H2,1H3,(H2,20,23)(H,21,24). The molecule has 9 heteroatoms. The van der Waals surface area contributed by atoms with Crippen molar-refractivity contribution < 1.29 is 18.0 Å². The summed E-state index contributed by atoms with van der Waals surface area (Å²) in [5.74, 6) is -1.05. The summed E-state index contributed by atoms with van der Waals surface area (Å²) in [6.45, 7) is 2.52. The topological polar surface area (TPSA) is 110 Å². The van der Waals surface area contributed by atoms with Crippen molar-refractivity contribution in [2.24, 2.45) is 5.73 Å². The summed E-state index contributed by atoms with van der Waals surface area (Å²) in [5.41, 5.74) is 5.82. The van der Waals surface area contributed by atoms with Crippen LogP contribution in [0.3, 0.4) is 0 Å². The van der Waals surface area contributed by atoms with E-state index in [1.54, 1.807) is 15.8 Å². The van der Waals surface area contributed by atoms with Crippen molar-refractivity contribution in [3.05, 3.63) is 46.8 Å². The van der Waals surface area contributed by atoms with Crippen LogP contribution in [0.2, 0.25) is 0 Å². The average molecular weight is 422 g/mol. The Morgan fingerprint density at radius 2 is 1.93 bits per heavy atom. The number of piperidine rings is 1. The van der Waals surface area contributed by atoms with E-state index in [0.717, 1.165) is 25.7 Å². The van der Waals surface area contributed by atoms with Crippen molar-refractivity contribution in [1.29, 1.82) is 0 Å². The van der Waals surface area contributed by atoms with Gasteiger partial charge in [0.05, 0.1) is 10.5 Å². The van der Waals surface area contributed by atoms with Crippen molar-refractivity contribution in [3.63, 3.8) is 0 Å². The van der Waals surface area contributed by atoms with Gasteiger partial charge in [-0.15, -0.1) is 11.3 Å². The van der Waals surface area contributed by atoms with E-state index >= 15 is 0 Å². The molecule has 7 nitrogen and oxygen atoms in total. The number of carbonyl (C=O) groups is 2. The Bertz CT molecular complexity index is 967. The first-order valence-corrected chi connectivity index (χ1v) is 11.5. The van der Waals surface area contributed by atoms with E-state index in [1.165, 1.54) is 35.6 Å².